The molecule has 0 aliphatic heterocycles. The van der Waals surface area contributed by atoms with E-state index < -0.39 is 0 Å². The Bertz CT molecular complexity index is 595. The van der Waals surface area contributed by atoms with Gasteiger partial charge in [-0.3, -0.25) is 0 Å². The van der Waals surface area contributed by atoms with Crippen LogP contribution < -0.4 is 0 Å². The maximum atomic E-state index is 2.45. The van der Waals surface area contributed by atoms with E-state index in [2.05, 4.69) is 63.2 Å². The minimum atomic E-state index is 0.633. The normalized spacial score (nSPS) is 18.6. The van der Waals surface area contributed by atoms with Crippen LogP contribution in [0.5, 0.6) is 0 Å². The zero-order valence-electron chi connectivity index (χ0n) is 12.1. The van der Waals surface area contributed by atoms with Crippen molar-refractivity contribution >= 4 is 0 Å². The molecule has 98 valence electrons. The molecule has 0 nitrogen and oxygen atoms in total. The van der Waals surface area contributed by atoms with E-state index in [4.69, 9.17) is 0 Å². The van der Waals surface area contributed by atoms with E-state index in [-0.39, 0.29) is 0 Å². The Hall–Kier alpha value is -1.56. The molecule has 2 atom stereocenters. The minimum Gasteiger partial charge on any atom is -0.0648 e. The summed E-state index contributed by atoms with van der Waals surface area (Å²) in [5.74, 6) is 1.29. The maximum Gasteiger partial charge on any atom is -0.0143 e. The second kappa shape index (κ2) is 4.85. The lowest BCUT2D eigenvalue weighted by Gasteiger charge is -2.26. The summed E-state index contributed by atoms with van der Waals surface area (Å²) in [6, 6.07) is 16.0. The van der Waals surface area contributed by atoms with Crippen molar-refractivity contribution in [2.24, 2.45) is 0 Å². The molecule has 0 saturated carbocycles. The zero-order valence-corrected chi connectivity index (χ0v) is 12.1. The van der Waals surface area contributed by atoms with E-state index in [1.54, 1.807) is 0 Å². The largest absolute Gasteiger partial charge is 0.0648 e. The third-order valence-corrected chi connectivity index (χ3v) is 4.62. The number of rotatable bonds is 2. The predicted molar refractivity (Wildman–Crippen MR) is 82.7 cm³/mol. The van der Waals surface area contributed by atoms with Crippen LogP contribution in [0, 0.1) is 0 Å². The summed E-state index contributed by atoms with van der Waals surface area (Å²) in [7, 11) is 0. The quantitative estimate of drug-likeness (QED) is 0.657. The van der Waals surface area contributed by atoms with Gasteiger partial charge < -0.3 is 0 Å². The predicted octanol–water partition coefficient (Wildman–Crippen LogP) is 5.53. The Balaban J connectivity index is 2.14. The second-order valence-electron chi connectivity index (χ2n) is 5.92. The summed E-state index contributed by atoms with van der Waals surface area (Å²) >= 11 is 0. The molecule has 2 aromatic rings. The number of hydrogen-bond donors (Lipinski definition) is 0. The highest BCUT2D eigenvalue weighted by Gasteiger charge is 2.21. The fraction of sp³-hybridized carbons (Fsp3) is 0.368. The summed E-state index contributed by atoms with van der Waals surface area (Å²) in [6.45, 7) is 6.95. The fourth-order valence-electron chi connectivity index (χ4n) is 3.18. The molecule has 19 heavy (non-hydrogen) atoms. The van der Waals surface area contributed by atoms with E-state index in [1.165, 1.54) is 40.7 Å². The molecular weight excluding hydrogens is 228 g/mol. The van der Waals surface area contributed by atoms with Gasteiger partial charge in [-0.2, -0.15) is 0 Å². The average molecular weight is 250 g/mol. The Labute approximate surface area is 116 Å². The average Bonchev–Trinajstić information content (AvgIpc) is 2.46. The van der Waals surface area contributed by atoms with Crippen LogP contribution >= 0.6 is 0 Å². The van der Waals surface area contributed by atoms with Crippen molar-refractivity contribution in [3.63, 3.8) is 0 Å². The van der Waals surface area contributed by atoms with E-state index in [0.29, 0.717) is 11.8 Å². The SMILES string of the molecule is CCC(C)c1ccc2c(c1)C(C)Cc1ccccc1-2. The summed E-state index contributed by atoms with van der Waals surface area (Å²) in [4.78, 5) is 0. The highest BCUT2D eigenvalue weighted by Crippen LogP contribution is 2.40. The van der Waals surface area contributed by atoms with Gasteiger partial charge in [0, 0.05) is 0 Å². The minimum absolute atomic E-state index is 0.633. The molecule has 0 bridgehead atoms. The Morgan fingerprint density at radius 1 is 1.11 bits per heavy atom. The van der Waals surface area contributed by atoms with Crippen LogP contribution in [0.4, 0.5) is 0 Å². The molecule has 1 aliphatic carbocycles. The van der Waals surface area contributed by atoms with E-state index in [9.17, 15) is 0 Å². The monoisotopic (exact) mass is 250 g/mol. The number of benzene rings is 2. The van der Waals surface area contributed by atoms with Gasteiger partial charge in [0.25, 0.3) is 0 Å². The van der Waals surface area contributed by atoms with Crippen molar-refractivity contribution in [1.82, 2.24) is 0 Å². The first-order valence-electron chi connectivity index (χ1n) is 7.42. The van der Waals surface area contributed by atoms with Gasteiger partial charge in [0.2, 0.25) is 0 Å². The third-order valence-electron chi connectivity index (χ3n) is 4.62. The summed E-state index contributed by atoms with van der Waals surface area (Å²) in [5.41, 5.74) is 7.41. The van der Waals surface area contributed by atoms with Crippen LogP contribution in [0.1, 0.15) is 55.7 Å². The molecule has 0 heteroatoms. The van der Waals surface area contributed by atoms with Gasteiger partial charge in [-0.1, -0.05) is 63.2 Å². The highest BCUT2D eigenvalue weighted by atomic mass is 14.3. The lowest BCUT2D eigenvalue weighted by Crippen LogP contribution is -2.09. The van der Waals surface area contributed by atoms with Crippen LogP contribution in [-0.2, 0) is 6.42 Å². The third kappa shape index (κ3) is 2.10. The van der Waals surface area contributed by atoms with E-state index in [1.807, 2.05) is 0 Å². The van der Waals surface area contributed by atoms with Gasteiger partial charge in [-0.05, 0) is 52.5 Å². The number of hydrogen-bond acceptors (Lipinski definition) is 0. The standard InChI is InChI=1S/C19H22/c1-4-13(2)15-9-10-18-17-8-6-5-7-16(17)11-14(3)19(18)12-15/h5-10,12-14H,4,11H2,1-3H3. The van der Waals surface area contributed by atoms with E-state index >= 15 is 0 Å². The summed E-state index contributed by atoms with van der Waals surface area (Å²) < 4.78 is 0. The molecular formula is C19H22. The van der Waals surface area contributed by atoms with Gasteiger partial charge in [-0.25, -0.2) is 0 Å². The van der Waals surface area contributed by atoms with Crippen LogP contribution in [0.2, 0.25) is 0 Å². The number of fused-ring (bicyclic) bond motifs is 3. The fourth-order valence-corrected chi connectivity index (χ4v) is 3.18. The van der Waals surface area contributed by atoms with Crippen molar-refractivity contribution < 1.29 is 0 Å². The first kappa shape index (κ1) is 12.5. The first-order valence-corrected chi connectivity index (χ1v) is 7.42. The molecule has 2 aromatic carbocycles. The van der Waals surface area contributed by atoms with Crippen molar-refractivity contribution in [2.75, 3.05) is 0 Å². The Morgan fingerprint density at radius 3 is 2.68 bits per heavy atom. The zero-order chi connectivity index (χ0) is 13.4. The van der Waals surface area contributed by atoms with Gasteiger partial charge in [-0.15, -0.1) is 0 Å². The molecule has 0 saturated heterocycles. The van der Waals surface area contributed by atoms with Crippen molar-refractivity contribution in [1.29, 1.82) is 0 Å². The smallest absolute Gasteiger partial charge is 0.0143 e. The molecule has 0 amide bonds. The molecule has 3 rings (SSSR count). The topological polar surface area (TPSA) is 0 Å². The van der Waals surface area contributed by atoms with Crippen LogP contribution in [0.3, 0.4) is 0 Å². The first-order chi connectivity index (χ1) is 9.20. The van der Waals surface area contributed by atoms with Gasteiger partial charge >= 0.3 is 0 Å². The Kier molecular flexibility index (Phi) is 3.18. The second-order valence-corrected chi connectivity index (χ2v) is 5.92. The lowest BCUT2D eigenvalue weighted by atomic mass is 9.78. The van der Waals surface area contributed by atoms with Crippen molar-refractivity contribution in [3.8, 4) is 11.1 Å². The molecule has 0 fully saturated rings. The molecule has 0 spiro atoms. The van der Waals surface area contributed by atoms with Crippen molar-refractivity contribution in [2.45, 2.75) is 45.4 Å². The van der Waals surface area contributed by atoms with E-state index in [0.717, 1.165) is 0 Å². The lowest BCUT2D eigenvalue weighted by molar-refractivity contribution is 0.716. The van der Waals surface area contributed by atoms with Crippen LogP contribution in [0.25, 0.3) is 11.1 Å². The van der Waals surface area contributed by atoms with Crippen LogP contribution in [0.15, 0.2) is 42.5 Å². The molecule has 0 radical (unpaired) electrons. The Morgan fingerprint density at radius 2 is 1.89 bits per heavy atom. The maximum absolute atomic E-state index is 2.45. The van der Waals surface area contributed by atoms with Gasteiger partial charge in [0.1, 0.15) is 0 Å². The van der Waals surface area contributed by atoms with Gasteiger partial charge in [0.05, 0.1) is 0 Å². The molecule has 0 aromatic heterocycles. The summed E-state index contributed by atoms with van der Waals surface area (Å²) in [6.07, 6.45) is 2.39. The molecule has 2 unspecified atom stereocenters. The van der Waals surface area contributed by atoms with Crippen LogP contribution in [-0.4, -0.2) is 0 Å². The van der Waals surface area contributed by atoms with Crippen molar-refractivity contribution in [3.05, 3.63) is 59.2 Å². The highest BCUT2D eigenvalue weighted by molar-refractivity contribution is 5.74. The molecule has 0 heterocycles. The van der Waals surface area contributed by atoms with Gasteiger partial charge in [0.15, 0.2) is 0 Å². The molecule has 1 aliphatic rings. The molecule has 0 N–H and O–H groups in total. The summed E-state index contributed by atoms with van der Waals surface area (Å²) in [5, 5.41) is 0.